The Bertz CT molecular complexity index is 799. The van der Waals surface area contributed by atoms with Crippen molar-refractivity contribution in [3.63, 3.8) is 0 Å². The Labute approximate surface area is 151 Å². The van der Waals surface area contributed by atoms with Crippen molar-refractivity contribution < 1.29 is 14.5 Å². The Morgan fingerprint density at radius 2 is 2.04 bits per heavy atom. The van der Waals surface area contributed by atoms with E-state index in [-0.39, 0.29) is 23.3 Å². The van der Waals surface area contributed by atoms with E-state index in [0.29, 0.717) is 17.9 Å². The summed E-state index contributed by atoms with van der Waals surface area (Å²) < 4.78 is 5.52. The van der Waals surface area contributed by atoms with E-state index >= 15 is 0 Å². The number of ether oxygens (including phenoxy) is 1. The Balaban J connectivity index is 1.73. The zero-order valence-corrected chi connectivity index (χ0v) is 14.5. The third-order valence-corrected chi connectivity index (χ3v) is 4.31. The molecular weight excluding hydrogens is 334 g/mol. The van der Waals surface area contributed by atoms with Gasteiger partial charge in [-0.25, -0.2) is 0 Å². The molecule has 1 aliphatic rings. The summed E-state index contributed by atoms with van der Waals surface area (Å²) in [5.41, 5.74) is 2.22. The van der Waals surface area contributed by atoms with E-state index in [2.05, 4.69) is 10.6 Å². The summed E-state index contributed by atoms with van der Waals surface area (Å²) in [5.74, 6) is -0.386. The van der Waals surface area contributed by atoms with Crippen molar-refractivity contribution in [2.24, 2.45) is 0 Å². The number of carbonyl (C=O) groups is 1. The normalized spacial score (nSPS) is 16.3. The average Bonchev–Trinajstić information content (AvgIpc) is 3.15. The first-order chi connectivity index (χ1) is 12.5. The lowest BCUT2D eigenvalue weighted by Crippen LogP contribution is -2.19. The van der Waals surface area contributed by atoms with Gasteiger partial charge in [0.1, 0.15) is 5.69 Å². The van der Waals surface area contributed by atoms with Crippen LogP contribution in [0.4, 0.5) is 17.1 Å². The van der Waals surface area contributed by atoms with Crippen molar-refractivity contribution in [3.05, 3.63) is 63.7 Å². The Morgan fingerprint density at radius 3 is 2.69 bits per heavy atom. The molecule has 2 aromatic rings. The first-order valence-corrected chi connectivity index (χ1v) is 8.55. The number of nitrogens with zero attached hydrogens (tertiary/aromatic N) is 1. The van der Waals surface area contributed by atoms with E-state index in [1.165, 1.54) is 6.07 Å². The van der Waals surface area contributed by atoms with Gasteiger partial charge in [-0.1, -0.05) is 17.7 Å². The standard InChI is InChI=1S/C19H21N3O4/c1-13-4-7-15(8-5-13)21-19(23)14-6-9-17(18(11-14)22(24)25)20-12-16-3-2-10-26-16/h4-9,11,16,20H,2-3,10,12H2,1H3,(H,21,23). The second-order valence-electron chi connectivity index (χ2n) is 6.33. The predicted molar refractivity (Wildman–Crippen MR) is 99.7 cm³/mol. The summed E-state index contributed by atoms with van der Waals surface area (Å²) >= 11 is 0. The molecule has 1 saturated heterocycles. The topological polar surface area (TPSA) is 93.5 Å². The second-order valence-corrected chi connectivity index (χ2v) is 6.33. The molecule has 7 heteroatoms. The third-order valence-electron chi connectivity index (χ3n) is 4.31. The lowest BCUT2D eigenvalue weighted by molar-refractivity contribution is -0.384. The lowest BCUT2D eigenvalue weighted by atomic mass is 10.1. The quantitative estimate of drug-likeness (QED) is 0.608. The van der Waals surface area contributed by atoms with Crippen LogP contribution in [0.25, 0.3) is 0 Å². The molecule has 1 atom stereocenters. The molecule has 1 aliphatic heterocycles. The van der Waals surface area contributed by atoms with Crippen LogP contribution in [0.3, 0.4) is 0 Å². The summed E-state index contributed by atoms with van der Waals surface area (Å²) in [5, 5.41) is 17.2. The second kappa shape index (κ2) is 7.97. The molecule has 0 bridgehead atoms. The molecule has 26 heavy (non-hydrogen) atoms. The van der Waals surface area contributed by atoms with Crippen LogP contribution in [-0.4, -0.2) is 30.1 Å². The van der Waals surface area contributed by atoms with Crippen LogP contribution < -0.4 is 10.6 Å². The van der Waals surface area contributed by atoms with Gasteiger partial charge >= 0.3 is 0 Å². The largest absolute Gasteiger partial charge is 0.377 e. The summed E-state index contributed by atoms with van der Waals surface area (Å²) in [6.07, 6.45) is 2.02. The molecule has 0 spiro atoms. The molecule has 3 rings (SSSR count). The number of aryl methyl sites for hydroxylation is 1. The van der Waals surface area contributed by atoms with E-state index < -0.39 is 4.92 Å². The highest BCUT2D eigenvalue weighted by Crippen LogP contribution is 2.27. The maximum absolute atomic E-state index is 12.4. The van der Waals surface area contributed by atoms with Crippen LogP contribution in [0.15, 0.2) is 42.5 Å². The SMILES string of the molecule is Cc1ccc(NC(=O)c2ccc(NCC3CCCO3)c([N+](=O)[O-])c2)cc1. The van der Waals surface area contributed by atoms with Gasteiger partial charge in [-0.3, -0.25) is 14.9 Å². The number of amides is 1. The number of carbonyl (C=O) groups excluding carboxylic acids is 1. The molecule has 0 saturated carbocycles. The molecule has 2 aromatic carbocycles. The van der Waals surface area contributed by atoms with Gasteiger partial charge in [0.15, 0.2) is 0 Å². The van der Waals surface area contributed by atoms with E-state index in [0.717, 1.165) is 25.0 Å². The number of hydrogen-bond acceptors (Lipinski definition) is 5. The first kappa shape index (κ1) is 17.9. The predicted octanol–water partition coefficient (Wildman–Crippen LogP) is 3.75. The van der Waals surface area contributed by atoms with Gasteiger partial charge in [0, 0.05) is 30.5 Å². The van der Waals surface area contributed by atoms with Crippen molar-refractivity contribution in [3.8, 4) is 0 Å². The fourth-order valence-corrected chi connectivity index (χ4v) is 2.84. The van der Waals surface area contributed by atoms with Crippen LogP contribution in [0.1, 0.15) is 28.8 Å². The number of nitrogens with one attached hydrogen (secondary N) is 2. The van der Waals surface area contributed by atoms with Crippen LogP contribution in [0.5, 0.6) is 0 Å². The summed E-state index contributed by atoms with van der Waals surface area (Å²) in [4.78, 5) is 23.3. The number of anilines is 2. The molecule has 2 N–H and O–H groups in total. The Morgan fingerprint density at radius 1 is 1.27 bits per heavy atom. The highest BCUT2D eigenvalue weighted by molar-refractivity contribution is 6.05. The summed E-state index contributed by atoms with van der Waals surface area (Å²) in [7, 11) is 0. The van der Waals surface area contributed by atoms with Gasteiger partial charge in [0.05, 0.1) is 11.0 Å². The molecule has 1 fully saturated rings. The van der Waals surface area contributed by atoms with Crippen molar-refractivity contribution in [2.45, 2.75) is 25.9 Å². The molecule has 1 amide bonds. The van der Waals surface area contributed by atoms with Crippen molar-refractivity contribution >= 4 is 23.0 Å². The molecule has 1 heterocycles. The smallest absolute Gasteiger partial charge is 0.293 e. The van der Waals surface area contributed by atoms with Gasteiger partial charge < -0.3 is 15.4 Å². The summed E-state index contributed by atoms with van der Waals surface area (Å²) in [6, 6.07) is 11.8. The van der Waals surface area contributed by atoms with Crippen LogP contribution in [0.2, 0.25) is 0 Å². The van der Waals surface area contributed by atoms with E-state index in [1.54, 1.807) is 24.3 Å². The molecule has 0 aliphatic carbocycles. The third kappa shape index (κ3) is 4.37. The maximum atomic E-state index is 12.4. The zero-order valence-electron chi connectivity index (χ0n) is 14.5. The van der Waals surface area contributed by atoms with Crippen LogP contribution in [-0.2, 0) is 4.74 Å². The summed E-state index contributed by atoms with van der Waals surface area (Å²) in [6.45, 7) is 3.19. The first-order valence-electron chi connectivity index (χ1n) is 8.55. The molecule has 1 unspecified atom stereocenters. The van der Waals surface area contributed by atoms with Crippen LogP contribution in [0, 0.1) is 17.0 Å². The van der Waals surface area contributed by atoms with Gasteiger partial charge in [0.2, 0.25) is 0 Å². The highest BCUT2D eigenvalue weighted by Gasteiger charge is 2.20. The number of hydrogen-bond donors (Lipinski definition) is 2. The minimum Gasteiger partial charge on any atom is -0.377 e. The number of benzene rings is 2. The molecule has 136 valence electrons. The Kier molecular flexibility index (Phi) is 5.48. The number of rotatable bonds is 6. The molecular formula is C19H21N3O4. The van der Waals surface area contributed by atoms with Gasteiger partial charge in [0.25, 0.3) is 11.6 Å². The van der Waals surface area contributed by atoms with Gasteiger partial charge in [-0.2, -0.15) is 0 Å². The Hall–Kier alpha value is -2.93. The highest BCUT2D eigenvalue weighted by atomic mass is 16.6. The molecule has 7 nitrogen and oxygen atoms in total. The molecule has 0 aromatic heterocycles. The zero-order chi connectivity index (χ0) is 18.5. The monoisotopic (exact) mass is 355 g/mol. The van der Waals surface area contributed by atoms with Gasteiger partial charge in [-0.15, -0.1) is 0 Å². The fraction of sp³-hybridized carbons (Fsp3) is 0.316. The van der Waals surface area contributed by atoms with E-state index in [4.69, 9.17) is 4.74 Å². The van der Waals surface area contributed by atoms with Gasteiger partial charge in [-0.05, 0) is 44.0 Å². The van der Waals surface area contributed by atoms with E-state index in [9.17, 15) is 14.9 Å². The number of nitro groups is 1. The van der Waals surface area contributed by atoms with Crippen molar-refractivity contribution in [2.75, 3.05) is 23.8 Å². The van der Waals surface area contributed by atoms with Crippen LogP contribution >= 0.6 is 0 Å². The minimum atomic E-state index is -0.486. The molecule has 0 radical (unpaired) electrons. The minimum absolute atomic E-state index is 0.0686. The average molecular weight is 355 g/mol. The van der Waals surface area contributed by atoms with Crippen molar-refractivity contribution in [1.82, 2.24) is 0 Å². The number of nitro benzene ring substituents is 1. The fourth-order valence-electron chi connectivity index (χ4n) is 2.84. The van der Waals surface area contributed by atoms with Crippen molar-refractivity contribution in [1.29, 1.82) is 0 Å². The maximum Gasteiger partial charge on any atom is 0.293 e. The lowest BCUT2D eigenvalue weighted by Gasteiger charge is -2.13. The van der Waals surface area contributed by atoms with E-state index in [1.807, 2.05) is 19.1 Å².